The molecule has 0 radical (unpaired) electrons. The van der Waals surface area contributed by atoms with Crippen LogP contribution in [0.5, 0.6) is 0 Å². The van der Waals surface area contributed by atoms with Gasteiger partial charge >= 0.3 is 0 Å². The molecule has 0 saturated carbocycles. The highest BCUT2D eigenvalue weighted by molar-refractivity contribution is 6.45. The Kier molecular flexibility index (Phi) is 5.23. The predicted octanol–water partition coefficient (Wildman–Crippen LogP) is 13.2. The number of rotatable bonds is 2. The summed E-state index contributed by atoms with van der Waals surface area (Å²) in [5, 5.41) is 15.0. The molecule has 12 aromatic rings. The van der Waals surface area contributed by atoms with Crippen molar-refractivity contribution >= 4 is 97.9 Å². The lowest BCUT2D eigenvalue weighted by Gasteiger charge is -2.16. The number of aromatic nitrogens is 2. The van der Waals surface area contributed by atoms with Crippen molar-refractivity contribution < 1.29 is 4.42 Å². The van der Waals surface area contributed by atoms with Gasteiger partial charge in [-0.15, -0.1) is 0 Å². The van der Waals surface area contributed by atoms with E-state index < -0.39 is 0 Å². The number of benzene rings is 9. The first-order valence-electron chi connectivity index (χ1n) is 17.5. The number of fused-ring (bicyclic) bond motifs is 18. The number of para-hydroxylation sites is 4. The maximum atomic E-state index is 6.32. The van der Waals surface area contributed by atoms with Crippen molar-refractivity contribution in [2.24, 2.45) is 0 Å². The van der Waals surface area contributed by atoms with E-state index >= 15 is 0 Å². The van der Waals surface area contributed by atoms with Gasteiger partial charge in [-0.3, -0.25) is 0 Å². The smallest absolute Gasteiger partial charge is 0.135 e. The molecule has 0 spiro atoms. The van der Waals surface area contributed by atoms with Gasteiger partial charge in [0, 0.05) is 54.5 Å². The largest absolute Gasteiger partial charge is 0.456 e. The molecule has 3 heterocycles. The van der Waals surface area contributed by atoms with E-state index in [2.05, 4.69) is 173 Å². The molecule has 0 N–H and O–H groups in total. The van der Waals surface area contributed by atoms with Crippen LogP contribution in [0.4, 0.5) is 0 Å². The van der Waals surface area contributed by atoms with Crippen molar-refractivity contribution in [3.8, 4) is 11.4 Å². The number of furan rings is 1. The first-order chi connectivity index (χ1) is 25.3. The molecule has 51 heavy (non-hydrogen) atoms. The summed E-state index contributed by atoms with van der Waals surface area (Å²) in [6, 6.07) is 61.7. The zero-order chi connectivity index (χ0) is 33.2. The summed E-state index contributed by atoms with van der Waals surface area (Å²) in [6.45, 7) is 0. The molecule has 0 unspecified atom stereocenters. The van der Waals surface area contributed by atoms with E-state index in [9.17, 15) is 0 Å². The molecule has 3 heteroatoms. The van der Waals surface area contributed by atoms with Crippen LogP contribution in [0.15, 0.2) is 174 Å². The summed E-state index contributed by atoms with van der Waals surface area (Å²) in [5.74, 6) is 0. The standard InChI is InChI=1S/C48H28N2O/c1-2-14-29(15-3-1)49-39-23-11-8-21-36(39)45-43-34-19-6-4-16-31(34)32-17-5-7-20-35(32)44(43)46-37-22-9-12-24-40(37)50(48(46)47(45)49)30-26-27-42-38(28-30)33-18-10-13-25-41(33)51-42/h1-28H. The van der Waals surface area contributed by atoms with Gasteiger partial charge in [0.2, 0.25) is 0 Å². The fraction of sp³-hybridized carbons (Fsp3) is 0. The summed E-state index contributed by atoms with van der Waals surface area (Å²) in [6.07, 6.45) is 0. The second-order valence-electron chi connectivity index (χ2n) is 13.6. The Labute approximate surface area is 291 Å². The van der Waals surface area contributed by atoms with Crippen molar-refractivity contribution in [3.63, 3.8) is 0 Å². The third-order valence-electron chi connectivity index (χ3n) is 11.0. The van der Waals surface area contributed by atoms with E-state index in [1.807, 2.05) is 6.07 Å². The Bertz CT molecular complexity index is 3410. The fourth-order valence-electron chi connectivity index (χ4n) is 9.06. The average molecular weight is 649 g/mol. The third-order valence-corrected chi connectivity index (χ3v) is 11.0. The maximum absolute atomic E-state index is 6.32. The van der Waals surface area contributed by atoms with Gasteiger partial charge in [-0.1, -0.05) is 121 Å². The van der Waals surface area contributed by atoms with Crippen molar-refractivity contribution in [1.82, 2.24) is 9.13 Å². The van der Waals surface area contributed by atoms with E-state index in [4.69, 9.17) is 4.42 Å². The van der Waals surface area contributed by atoms with E-state index in [-0.39, 0.29) is 0 Å². The van der Waals surface area contributed by atoms with Gasteiger partial charge in [0.15, 0.2) is 0 Å². The number of hydrogen-bond donors (Lipinski definition) is 0. The second kappa shape index (κ2) is 9.87. The molecule has 3 nitrogen and oxygen atoms in total. The SMILES string of the molecule is c1ccc(-n2c3ccccc3c3c4c5ccccc5c5ccccc5c4c4c5ccccc5n(-c5ccc6oc7ccccc7c6c5)c4c32)cc1. The average Bonchev–Trinajstić information content (AvgIpc) is 3.86. The van der Waals surface area contributed by atoms with Gasteiger partial charge < -0.3 is 13.6 Å². The molecular formula is C48H28N2O. The Morgan fingerprint density at radius 3 is 1.35 bits per heavy atom. The minimum absolute atomic E-state index is 0.896. The predicted molar refractivity (Wildman–Crippen MR) is 215 cm³/mol. The number of hydrogen-bond acceptors (Lipinski definition) is 1. The van der Waals surface area contributed by atoms with Gasteiger partial charge in [0.05, 0.1) is 22.1 Å². The quantitative estimate of drug-likeness (QED) is 0.171. The highest BCUT2D eigenvalue weighted by Gasteiger charge is 2.27. The Hall–Kier alpha value is -6.84. The zero-order valence-electron chi connectivity index (χ0n) is 27.5. The Morgan fingerprint density at radius 2 is 0.745 bits per heavy atom. The van der Waals surface area contributed by atoms with Crippen molar-refractivity contribution in [2.45, 2.75) is 0 Å². The Balaban J connectivity index is 1.44. The monoisotopic (exact) mass is 648 g/mol. The second-order valence-corrected chi connectivity index (χ2v) is 13.6. The highest BCUT2D eigenvalue weighted by Crippen LogP contribution is 2.51. The maximum Gasteiger partial charge on any atom is 0.135 e. The normalized spacial score (nSPS) is 12.3. The first-order valence-corrected chi connectivity index (χ1v) is 17.5. The topological polar surface area (TPSA) is 23.0 Å². The van der Waals surface area contributed by atoms with Crippen LogP contribution in [-0.2, 0) is 0 Å². The third kappa shape index (κ3) is 3.47. The summed E-state index contributed by atoms with van der Waals surface area (Å²) >= 11 is 0. The van der Waals surface area contributed by atoms with Crippen LogP contribution < -0.4 is 0 Å². The van der Waals surface area contributed by atoms with Gasteiger partial charge in [-0.05, 0) is 70.1 Å². The summed E-state index contributed by atoms with van der Waals surface area (Å²) < 4.78 is 11.3. The molecule has 3 aromatic heterocycles. The molecule has 0 fully saturated rings. The van der Waals surface area contributed by atoms with E-state index in [0.29, 0.717) is 0 Å². The van der Waals surface area contributed by atoms with Gasteiger partial charge in [-0.2, -0.15) is 0 Å². The first kappa shape index (κ1) is 27.0. The molecule has 12 rings (SSSR count). The van der Waals surface area contributed by atoms with E-state index in [1.165, 1.54) is 75.9 Å². The summed E-state index contributed by atoms with van der Waals surface area (Å²) in [7, 11) is 0. The molecule has 0 saturated heterocycles. The molecule has 0 aliphatic rings. The molecular weight excluding hydrogens is 621 g/mol. The van der Waals surface area contributed by atoms with Gasteiger partial charge in [0.25, 0.3) is 0 Å². The lowest BCUT2D eigenvalue weighted by Crippen LogP contribution is -1.99. The summed E-state index contributed by atoms with van der Waals surface area (Å²) in [5.41, 5.74) is 8.83. The highest BCUT2D eigenvalue weighted by atomic mass is 16.3. The van der Waals surface area contributed by atoms with Crippen LogP contribution >= 0.6 is 0 Å². The molecule has 0 aliphatic heterocycles. The van der Waals surface area contributed by atoms with Crippen molar-refractivity contribution in [3.05, 3.63) is 170 Å². The van der Waals surface area contributed by atoms with Crippen LogP contribution in [0.1, 0.15) is 0 Å². The number of nitrogens with zero attached hydrogens (tertiary/aromatic N) is 2. The minimum atomic E-state index is 0.896. The van der Waals surface area contributed by atoms with Crippen LogP contribution in [-0.4, -0.2) is 9.13 Å². The molecule has 0 bridgehead atoms. The lowest BCUT2D eigenvalue weighted by molar-refractivity contribution is 0.669. The lowest BCUT2D eigenvalue weighted by atomic mass is 9.89. The van der Waals surface area contributed by atoms with Crippen LogP contribution in [0.3, 0.4) is 0 Å². The van der Waals surface area contributed by atoms with E-state index in [1.54, 1.807) is 0 Å². The minimum Gasteiger partial charge on any atom is -0.456 e. The molecule has 0 aliphatic carbocycles. The van der Waals surface area contributed by atoms with Gasteiger partial charge in [-0.25, -0.2) is 0 Å². The molecule has 0 atom stereocenters. The molecule has 0 amide bonds. The fourth-order valence-corrected chi connectivity index (χ4v) is 9.06. The van der Waals surface area contributed by atoms with Crippen LogP contribution in [0.2, 0.25) is 0 Å². The van der Waals surface area contributed by atoms with Crippen molar-refractivity contribution in [2.75, 3.05) is 0 Å². The molecule has 9 aromatic carbocycles. The van der Waals surface area contributed by atoms with Gasteiger partial charge in [0.1, 0.15) is 11.2 Å². The molecule has 236 valence electrons. The zero-order valence-corrected chi connectivity index (χ0v) is 27.5. The van der Waals surface area contributed by atoms with Crippen LogP contribution in [0.25, 0.3) is 109 Å². The van der Waals surface area contributed by atoms with Crippen molar-refractivity contribution in [1.29, 1.82) is 0 Å². The van der Waals surface area contributed by atoms with Crippen LogP contribution in [0, 0.1) is 0 Å². The summed E-state index contributed by atoms with van der Waals surface area (Å²) in [4.78, 5) is 0. The Morgan fingerprint density at radius 1 is 0.294 bits per heavy atom. The van der Waals surface area contributed by atoms with E-state index in [0.717, 1.165) is 33.3 Å².